The van der Waals surface area contributed by atoms with Crippen LogP contribution in [0.1, 0.15) is 11.5 Å². The molecule has 132 valence electrons. The molecule has 2 heterocycles. The number of hydrogen-bond donors (Lipinski definition) is 1. The highest BCUT2D eigenvalue weighted by atomic mass is 16.3. The van der Waals surface area contributed by atoms with Crippen molar-refractivity contribution < 1.29 is 9.21 Å². The number of anilines is 1. The van der Waals surface area contributed by atoms with Gasteiger partial charge in [0.15, 0.2) is 0 Å². The molecule has 0 bridgehead atoms. The molecule has 0 aliphatic heterocycles. The average molecular weight is 354 g/mol. The fourth-order valence-corrected chi connectivity index (χ4v) is 2.90. The van der Waals surface area contributed by atoms with Gasteiger partial charge in [0.05, 0.1) is 11.2 Å². The number of hydrogen-bond acceptors (Lipinski definition) is 3. The van der Waals surface area contributed by atoms with E-state index in [1.165, 1.54) is 6.08 Å². The van der Waals surface area contributed by atoms with E-state index in [1.807, 2.05) is 79.7 Å². The zero-order valence-corrected chi connectivity index (χ0v) is 14.8. The third-order valence-corrected chi connectivity index (χ3v) is 4.21. The molecule has 0 atom stereocenters. The van der Waals surface area contributed by atoms with Gasteiger partial charge in [0.25, 0.3) is 0 Å². The second-order valence-corrected chi connectivity index (χ2v) is 6.22. The molecule has 0 fully saturated rings. The Kier molecular flexibility index (Phi) is 4.54. The summed E-state index contributed by atoms with van der Waals surface area (Å²) in [6, 6.07) is 23.2. The molecule has 4 aromatic rings. The Labute approximate surface area is 157 Å². The lowest BCUT2D eigenvalue weighted by atomic mass is 10.1. The maximum absolute atomic E-state index is 12.3. The van der Waals surface area contributed by atoms with Crippen molar-refractivity contribution in [3.8, 4) is 11.3 Å². The number of nitrogens with one attached hydrogen (secondary N) is 1. The van der Waals surface area contributed by atoms with Crippen LogP contribution in [0.3, 0.4) is 0 Å². The average Bonchev–Trinajstić information content (AvgIpc) is 3.16. The molecule has 27 heavy (non-hydrogen) atoms. The van der Waals surface area contributed by atoms with Gasteiger partial charge in [-0.2, -0.15) is 0 Å². The maximum atomic E-state index is 12.3. The predicted molar refractivity (Wildman–Crippen MR) is 108 cm³/mol. The van der Waals surface area contributed by atoms with Crippen molar-refractivity contribution in [3.05, 3.63) is 90.3 Å². The summed E-state index contributed by atoms with van der Waals surface area (Å²) in [4.78, 5) is 16.8. The standard InChI is InChI=1S/C23H18N2O2/c1-16-10-13-19-20(24-16)8-5-9-21(19)25-23(26)15-12-18-11-14-22(27-18)17-6-3-2-4-7-17/h2-15H,1H3,(H,25,26)/b15-12+. The van der Waals surface area contributed by atoms with Crippen LogP contribution in [0.5, 0.6) is 0 Å². The van der Waals surface area contributed by atoms with E-state index >= 15 is 0 Å². The molecule has 1 amide bonds. The molecule has 4 heteroatoms. The lowest BCUT2D eigenvalue weighted by Crippen LogP contribution is -2.08. The van der Waals surface area contributed by atoms with E-state index in [0.29, 0.717) is 5.76 Å². The normalized spacial score (nSPS) is 11.1. The minimum atomic E-state index is -0.222. The summed E-state index contributed by atoms with van der Waals surface area (Å²) < 4.78 is 5.78. The maximum Gasteiger partial charge on any atom is 0.248 e. The number of pyridine rings is 1. The molecule has 4 nitrogen and oxygen atoms in total. The number of nitrogens with zero attached hydrogens (tertiary/aromatic N) is 1. The highest BCUT2D eigenvalue weighted by Crippen LogP contribution is 2.23. The molecule has 2 aromatic heterocycles. The number of carbonyl (C=O) groups is 1. The molecule has 4 rings (SSSR count). The molecular formula is C23H18N2O2. The Morgan fingerprint density at radius 1 is 0.963 bits per heavy atom. The van der Waals surface area contributed by atoms with Crippen LogP contribution in [0, 0.1) is 6.92 Å². The van der Waals surface area contributed by atoms with Gasteiger partial charge >= 0.3 is 0 Å². The molecular weight excluding hydrogens is 336 g/mol. The van der Waals surface area contributed by atoms with Crippen LogP contribution >= 0.6 is 0 Å². The van der Waals surface area contributed by atoms with Gasteiger partial charge in [-0.25, -0.2) is 0 Å². The predicted octanol–water partition coefficient (Wildman–Crippen LogP) is 5.46. The number of benzene rings is 2. The Balaban J connectivity index is 1.49. The largest absolute Gasteiger partial charge is 0.457 e. The van der Waals surface area contributed by atoms with Crippen molar-refractivity contribution >= 4 is 28.6 Å². The van der Waals surface area contributed by atoms with Crippen molar-refractivity contribution in [2.45, 2.75) is 6.92 Å². The van der Waals surface area contributed by atoms with Crippen molar-refractivity contribution in [2.75, 3.05) is 5.32 Å². The minimum Gasteiger partial charge on any atom is -0.457 e. The van der Waals surface area contributed by atoms with Crippen LogP contribution in [-0.4, -0.2) is 10.9 Å². The van der Waals surface area contributed by atoms with E-state index in [1.54, 1.807) is 6.08 Å². The topological polar surface area (TPSA) is 55.1 Å². The van der Waals surface area contributed by atoms with E-state index in [2.05, 4.69) is 10.3 Å². The number of fused-ring (bicyclic) bond motifs is 1. The molecule has 2 aromatic carbocycles. The lowest BCUT2D eigenvalue weighted by Gasteiger charge is -2.07. The Hall–Kier alpha value is -3.66. The molecule has 0 spiro atoms. The van der Waals surface area contributed by atoms with E-state index in [4.69, 9.17) is 4.42 Å². The van der Waals surface area contributed by atoms with Crippen LogP contribution in [0.4, 0.5) is 5.69 Å². The van der Waals surface area contributed by atoms with Crippen molar-refractivity contribution in [2.24, 2.45) is 0 Å². The number of rotatable bonds is 4. The molecule has 0 radical (unpaired) electrons. The van der Waals surface area contributed by atoms with Gasteiger partial charge in [-0.15, -0.1) is 0 Å². The number of amides is 1. The Bertz CT molecular complexity index is 1130. The van der Waals surface area contributed by atoms with E-state index in [9.17, 15) is 4.79 Å². The second kappa shape index (κ2) is 7.30. The quantitative estimate of drug-likeness (QED) is 0.495. The Morgan fingerprint density at radius 2 is 1.81 bits per heavy atom. The number of furan rings is 1. The fraction of sp³-hybridized carbons (Fsp3) is 0.0435. The van der Waals surface area contributed by atoms with Gasteiger partial charge in [0.1, 0.15) is 11.5 Å². The second-order valence-electron chi connectivity index (χ2n) is 6.22. The summed E-state index contributed by atoms with van der Waals surface area (Å²) in [5.41, 5.74) is 3.53. The third kappa shape index (κ3) is 3.80. The highest BCUT2D eigenvalue weighted by Gasteiger charge is 2.06. The summed E-state index contributed by atoms with van der Waals surface area (Å²) in [6.07, 6.45) is 3.13. The molecule has 0 unspecified atom stereocenters. The van der Waals surface area contributed by atoms with Crippen LogP contribution < -0.4 is 5.32 Å². The van der Waals surface area contributed by atoms with Gasteiger partial charge in [-0.3, -0.25) is 9.78 Å². The summed E-state index contributed by atoms with van der Waals surface area (Å²) in [6.45, 7) is 1.94. The summed E-state index contributed by atoms with van der Waals surface area (Å²) in [5.74, 6) is 1.17. The molecule has 0 saturated carbocycles. The Morgan fingerprint density at radius 3 is 2.67 bits per heavy atom. The first kappa shape index (κ1) is 16.8. The van der Waals surface area contributed by atoms with Crippen LogP contribution in [-0.2, 0) is 4.79 Å². The minimum absolute atomic E-state index is 0.222. The summed E-state index contributed by atoms with van der Waals surface area (Å²) >= 11 is 0. The van der Waals surface area contributed by atoms with Gasteiger partial charge in [-0.1, -0.05) is 36.4 Å². The first-order valence-electron chi connectivity index (χ1n) is 8.70. The van der Waals surface area contributed by atoms with Crippen LogP contribution in [0.15, 0.2) is 83.3 Å². The molecule has 0 aliphatic carbocycles. The molecule has 1 N–H and O–H groups in total. The number of aromatic nitrogens is 1. The first-order valence-corrected chi connectivity index (χ1v) is 8.70. The van der Waals surface area contributed by atoms with Gasteiger partial charge in [-0.05, 0) is 49.4 Å². The van der Waals surface area contributed by atoms with Gasteiger partial charge < -0.3 is 9.73 Å². The van der Waals surface area contributed by atoms with Crippen LogP contribution in [0.2, 0.25) is 0 Å². The zero-order valence-electron chi connectivity index (χ0n) is 14.8. The third-order valence-electron chi connectivity index (χ3n) is 4.21. The SMILES string of the molecule is Cc1ccc2c(NC(=O)/C=C/c3ccc(-c4ccccc4)o3)cccc2n1. The number of carbonyl (C=O) groups excluding carboxylic acids is 1. The van der Waals surface area contributed by atoms with Gasteiger partial charge in [0.2, 0.25) is 5.91 Å². The summed E-state index contributed by atoms with van der Waals surface area (Å²) in [7, 11) is 0. The first-order chi connectivity index (χ1) is 13.2. The van der Waals surface area contributed by atoms with E-state index in [0.717, 1.165) is 33.6 Å². The zero-order chi connectivity index (χ0) is 18.6. The van der Waals surface area contributed by atoms with Crippen molar-refractivity contribution in [3.63, 3.8) is 0 Å². The summed E-state index contributed by atoms with van der Waals surface area (Å²) in [5, 5.41) is 3.82. The monoisotopic (exact) mass is 354 g/mol. The van der Waals surface area contributed by atoms with Crippen LogP contribution in [0.25, 0.3) is 28.3 Å². The van der Waals surface area contributed by atoms with Crippen molar-refractivity contribution in [1.29, 1.82) is 0 Å². The van der Waals surface area contributed by atoms with E-state index < -0.39 is 0 Å². The van der Waals surface area contributed by atoms with Crippen molar-refractivity contribution in [1.82, 2.24) is 4.98 Å². The van der Waals surface area contributed by atoms with Gasteiger partial charge in [0, 0.05) is 22.7 Å². The van der Waals surface area contributed by atoms with E-state index in [-0.39, 0.29) is 5.91 Å². The highest BCUT2D eigenvalue weighted by molar-refractivity contribution is 6.06. The smallest absolute Gasteiger partial charge is 0.248 e. The molecule has 0 aliphatic rings. The molecule has 0 saturated heterocycles. The number of aryl methyl sites for hydroxylation is 1. The lowest BCUT2D eigenvalue weighted by molar-refractivity contribution is -0.111. The fourth-order valence-electron chi connectivity index (χ4n) is 2.90.